The van der Waals surface area contributed by atoms with Crippen molar-refractivity contribution in [2.75, 3.05) is 0 Å². The second-order valence-corrected chi connectivity index (χ2v) is 5.63. The van der Waals surface area contributed by atoms with Crippen molar-refractivity contribution in [3.8, 4) is 0 Å². The van der Waals surface area contributed by atoms with E-state index in [4.69, 9.17) is 0 Å². The van der Waals surface area contributed by atoms with E-state index in [0.717, 1.165) is 17.5 Å². The second kappa shape index (κ2) is 5.74. The van der Waals surface area contributed by atoms with Crippen LogP contribution in [0.1, 0.15) is 44.4 Å². The zero-order chi connectivity index (χ0) is 14.0. The summed E-state index contributed by atoms with van der Waals surface area (Å²) in [7, 11) is 0. The number of fused-ring (bicyclic) bond motifs is 1. The van der Waals surface area contributed by atoms with Crippen LogP contribution in [0.3, 0.4) is 0 Å². The molecule has 1 aromatic rings. The zero-order valence-corrected chi connectivity index (χ0v) is 11.9. The van der Waals surface area contributed by atoms with Crippen LogP contribution >= 0.6 is 0 Å². The first-order valence-electron chi connectivity index (χ1n) is 7.10. The van der Waals surface area contributed by atoms with Gasteiger partial charge in [0.25, 0.3) is 0 Å². The maximum Gasteiger partial charge on any atom is 0.223 e. The van der Waals surface area contributed by atoms with Gasteiger partial charge in [-0.3, -0.25) is 4.79 Å². The van der Waals surface area contributed by atoms with Gasteiger partial charge in [0.2, 0.25) is 5.91 Å². The summed E-state index contributed by atoms with van der Waals surface area (Å²) < 4.78 is 0. The highest BCUT2D eigenvalue weighted by Gasteiger charge is 2.33. The molecule has 0 bridgehead atoms. The fraction of sp³-hybridized carbons (Fsp3) is 0.562. The lowest BCUT2D eigenvalue weighted by Crippen LogP contribution is -2.38. The number of amides is 1. The van der Waals surface area contributed by atoms with Crippen LogP contribution in [0.4, 0.5) is 0 Å². The van der Waals surface area contributed by atoms with Crippen LogP contribution in [0.2, 0.25) is 0 Å². The van der Waals surface area contributed by atoms with E-state index in [-0.39, 0.29) is 17.9 Å². The lowest BCUT2D eigenvalue weighted by molar-refractivity contribution is -0.127. The number of carbonyl (C=O) groups is 1. The van der Waals surface area contributed by atoms with Gasteiger partial charge in [-0.2, -0.15) is 0 Å². The highest BCUT2D eigenvalue weighted by molar-refractivity contribution is 5.79. The molecule has 104 valence electrons. The van der Waals surface area contributed by atoms with E-state index < -0.39 is 6.10 Å². The van der Waals surface area contributed by atoms with Crippen LogP contribution in [0.15, 0.2) is 24.3 Å². The lowest BCUT2D eigenvalue weighted by Gasteiger charge is -2.23. The van der Waals surface area contributed by atoms with Gasteiger partial charge in [0.05, 0.1) is 12.1 Å². The van der Waals surface area contributed by atoms with Gasteiger partial charge >= 0.3 is 0 Å². The Hall–Kier alpha value is -1.35. The number of benzene rings is 1. The molecule has 19 heavy (non-hydrogen) atoms. The van der Waals surface area contributed by atoms with Crippen LogP contribution in [-0.4, -0.2) is 17.1 Å². The van der Waals surface area contributed by atoms with Crippen molar-refractivity contribution in [2.45, 2.75) is 45.8 Å². The Bertz CT molecular complexity index is 458. The lowest BCUT2D eigenvalue weighted by atomic mass is 9.92. The average molecular weight is 261 g/mol. The number of nitrogens with one attached hydrogen (secondary N) is 1. The topological polar surface area (TPSA) is 49.3 Å². The second-order valence-electron chi connectivity index (χ2n) is 5.63. The van der Waals surface area contributed by atoms with Gasteiger partial charge in [-0.05, 0) is 17.0 Å². The normalized spacial score (nSPS) is 24.6. The smallest absolute Gasteiger partial charge is 0.223 e. The number of carbonyl (C=O) groups excluding carboxylic acids is 1. The summed E-state index contributed by atoms with van der Waals surface area (Å²) in [6, 6.07) is 7.68. The molecule has 1 aliphatic rings. The zero-order valence-electron chi connectivity index (χ0n) is 11.9. The number of rotatable bonds is 4. The van der Waals surface area contributed by atoms with Crippen molar-refractivity contribution in [1.82, 2.24) is 5.32 Å². The molecule has 2 rings (SSSR count). The molecule has 0 aliphatic heterocycles. The predicted molar refractivity (Wildman–Crippen MR) is 75.7 cm³/mol. The molecule has 3 nitrogen and oxygen atoms in total. The van der Waals surface area contributed by atoms with Gasteiger partial charge in [0.15, 0.2) is 0 Å². The van der Waals surface area contributed by atoms with Crippen molar-refractivity contribution in [3.05, 3.63) is 35.4 Å². The van der Waals surface area contributed by atoms with Crippen molar-refractivity contribution < 1.29 is 9.90 Å². The standard InChI is InChI=1S/C16H23NO2/c1-4-10(2)11(3)16(19)17-15-13-8-6-5-7-12(13)9-14(15)18/h5-8,10-11,14-15,18H,4,9H2,1-3H3,(H,17,19). The summed E-state index contributed by atoms with van der Waals surface area (Å²) in [6.07, 6.45) is 1.10. The fourth-order valence-electron chi connectivity index (χ4n) is 2.64. The molecule has 0 fully saturated rings. The van der Waals surface area contributed by atoms with Gasteiger partial charge in [0.1, 0.15) is 0 Å². The average Bonchev–Trinajstić information content (AvgIpc) is 2.73. The quantitative estimate of drug-likeness (QED) is 0.874. The molecular weight excluding hydrogens is 238 g/mol. The summed E-state index contributed by atoms with van der Waals surface area (Å²) in [4.78, 5) is 12.2. The predicted octanol–water partition coefficient (Wildman–Crippen LogP) is 2.44. The third kappa shape index (κ3) is 2.81. The molecule has 4 unspecified atom stereocenters. The maximum absolute atomic E-state index is 12.2. The summed E-state index contributed by atoms with van der Waals surface area (Å²) in [5.74, 6) is 0.369. The monoisotopic (exact) mass is 261 g/mol. The molecule has 0 saturated carbocycles. The molecular formula is C16H23NO2. The van der Waals surface area contributed by atoms with Crippen LogP contribution in [0.25, 0.3) is 0 Å². The molecule has 1 amide bonds. The molecule has 0 saturated heterocycles. The molecule has 4 atom stereocenters. The van der Waals surface area contributed by atoms with Crippen molar-refractivity contribution in [3.63, 3.8) is 0 Å². The number of aliphatic hydroxyl groups is 1. The van der Waals surface area contributed by atoms with Gasteiger partial charge in [-0.1, -0.05) is 51.5 Å². The van der Waals surface area contributed by atoms with Crippen LogP contribution in [-0.2, 0) is 11.2 Å². The Morgan fingerprint density at radius 1 is 1.42 bits per heavy atom. The first-order valence-corrected chi connectivity index (χ1v) is 7.10. The van der Waals surface area contributed by atoms with E-state index in [9.17, 15) is 9.90 Å². The largest absolute Gasteiger partial charge is 0.390 e. The highest BCUT2D eigenvalue weighted by Crippen LogP contribution is 2.31. The third-order valence-corrected chi connectivity index (χ3v) is 4.41. The number of aliphatic hydroxyl groups excluding tert-OH is 1. The van der Waals surface area contributed by atoms with E-state index in [0.29, 0.717) is 12.3 Å². The minimum Gasteiger partial charge on any atom is -0.390 e. The number of hydrogen-bond acceptors (Lipinski definition) is 2. The summed E-state index contributed by atoms with van der Waals surface area (Å²) in [5, 5.41) is 13.1. The molecule has 0 radical (unpaired) electrons. The Labute approximate surface area is 115 Å². The Morgan fingerprint density at radius 3 is 2.79 bits per heavy atom. The molecule has 1 aromatic carbocycles. The van der Waals surface area contributed by atoms with Gasteiger partial charge in [0, 0.05) is 12.3 Å². The van der Waals surface area contributed by atoms with E-state index in [1.807, 2.05) is 31.2 Å². The summed E-state index contributed by atoms with van der Waals surface area (Å²) in [6.45, 7) is 6.13. The molecule has 1 aliphatic carbocycles. The van der Waals surface area contributed by atoms with Gasteiger partial charge < -0.3 is 10.4 Å². The number of hydrogen-bond donors (Lipinski definition) is 2. The highest BCUT2D eigenvalue weighted by atomic mass is 16.3. The third-order valence-electron chi connectivity index (χ3n) is 4.41. The van der Waals surface area contributed by atoms with Crippen LogP contribution in [0.5, 0.6) is 0 Å². The van der Waals surface area contributed by atoms with E-state index >= 15 is 0 Å². The van der Waals surface area contributed by atoms with Crippen molar-refractivity contribution >= 4 is 5.91 Å². The van der Waals surface area contributed by atoms with Gasteiger partial charge in [-0.25, -0.2) is 0 Å². The minimum absolute atomic E-state index is 0.0232. The molecule has 0 heterocycles. The maximum atomic E-state index is 12.2. The van der Waals surface area contributed by atoms with Crippen molar-refractivity contribution in [1.29, 1.82) is 0 Å². The Balaban J connectivity index is 2.09. The Morgan fingerprint density at radius 2 is 2.11 bits per heavy atom. The minimum atomic E-state index is -0.509. The molecule has 0 spiro atoms. The van der Waals surface area contributed by atoms with Crippen molar-refractivity contribution in [2.24, 2.45) is 11.8 Å². The van der Waals surface area contributed by atoms with Gasteiger partial charge in [-0.15, -0.1) is 0 Å². The molecule has 2 N–H and O–H groups in total. The fourth-order valence-corrected chi connectivity index (χ4v) is 2.64. The van der Waals surface area contributed by atoms with Crippen LogP contribution < -0.4 is 5.32 Å². The first-order chi connectivity index (χ1) is 9.04. The summed E-state index contributed by atoms with van der Waals surface area (Å²) >= 11 is 0. The van der Waals surface area contributed by atoms with Crippen LogP contribution in [0, 0.1) is 11.8 Å². The molecule has 0 aromatic heterocycles. The summed E-state index contributed by atoms with van der Waals surface area (Å²) in [5.41, 5.74) is 2.19. The first kappa shape index (κ1) is 14.1. The molecule has 3 heteroatoms. The van der Waals surface area contributed by atoms with E-state index in [1.54, 1.807) is 0 Å². The van der Waals surface area contributed by atoms with E-state index in [2.05, 4.69) is 19.2 Å². The Kier molecular flexibility index (Phi) is 4.25. The SMILES string of the molecule is CCC(C)C(C)C(=O)NC1c2ccccc2CC1O. The van der Waals surface area contributed by atoms with E-state index in [1.165, 1.54) is 0 Å².